The quantitative estimate of drug-likeness (QED) is 0.625. The van der Waals surface area contributed by atoms with Crippen LogP contribution in [0.5, 0.6) is 0 Å². The number of rotatable bonds is 0. The lowest BCUT2D eigenvalue weighted by Gasteiger charge is -2.16. The highest BCUT2D eigenvalue weighted by Crippen LogP contribution is 2.35. The summed E-state index contributed by atoms with van der Waals surface area (Å²) < 4.78 is 13.2. The number of hydrogen-bond donors (Lipinski definition) is 0. The highest BCUT2D eigenvalue weighted by molar-refractivity contribution is 6.44. The second-order valence-electron chi connectivity index (χ2n) is 3.30. The van der Waals surface area contributed by atoms with Gasteiger partial charge in [-0.25, -0.2) is 4.39 Å². The molecule has 0 fully saturated rings. The molecule has 4 heteroatoms. The summed E-state index contributed by atoms with van der Waals surface area (Å²) >= 11 is 11.4. The fraction of sp³-hybridized carbons (Fsp3) is 0.300. The molecule has 0 bridgehead atoms. The zero-order chi connectivity index (χ0) is 10.3. The summed E-state index contributed by atoms with van der Waals surface area (Å²) in [6.45, 7) is 0. The molecule has 0 atom stereocenters. The maximum Gasteiger partial charge on any atom is 0.164 e. The Bertz CT molecular complexity index is 415. The Hall–Kier alpha value is -0.600. The molecule has 0 spiro atoms. The van der Waals surface area contributed by atoms with Crippen molar-refractivity contribution in [1.82, 2.24) is 0 Å². The summed E-state index contributed by atoms with van der Waals surface area (Å²) in [4.78, 5) is 11.5. The molecule has 0 heterocycles. The van der Waals surface area contributed by atoms with Crippen molar-refractivity contribution < 1.29 is 9.18 Å². The number of halogens is 3. The average Bonchev–Trinajstić information content (AvgIpc) is 2.14. The second-order valence-corrected chi connectivity index (χ2v) is 4.05. The first-order valence-electron chi connectivity index (χ1n) is 4.31. The van der Waals surface area contributed by atoms with Crippen LogP contribution in [0.1, 0.15) is 28.8 Å². The van der Waals surface area contributed by atoms with E-state index >= 15 is 0 Å². The van der Waals surface area contributed by atoms with E-state index in [4.69, 9.17) is 23.2 Å². The van der Waals surface area contributed by atoms with E-state index in [0.29, 0.717) is 24.0 Å². The normalized spacial score (nSPS) is 15.5. The third kappa shape index (κ3) is 1.43. The van der Waals surface area contributed by atoms with E-state index in [9.17, 15) is 9.18 Å². The van der Waals surface area contributed by atoms with Crippen molar-refractivity contribution in [1.29, 1.82) is 0 Å². The largest absolute Gasteiger partial charge is 0.294 e. The Morgan fingerprint density at radius 2 is 1.93 bits per heavy atom. The van der Waals surface area contributed by atoms with Gasteiger partial charge in [-0.3, -0.25) is 4.79 Å². The molecule has 0 aliphatic heterocycles. The zero-order valence-electron chi connectivity index (χ0n) is 7.24. The summed E-state index contributed by atoms with van der Waals surface area (Å²) in [5.41, 5.74) is 1.08. The minimum Gasteiger partial charge on any atom is -0.294 e. The van der Waals surface area contributed by atoms with Crippen LogP contribution in [0.4, 0.5) is 4.39 Å². The fourth-order valence-electron chi connectivity index (χ4n) is 1.71. The average molecular weight is 233 g/mol. The first kappa shape index (κ1) is 9.94. The maximum absolute atomic E-state index is 13.2. The monoisotopic (exact) mass is 232 g/mol. The standard InChI is InChI=1S/C10H7Cl2FO/c11-9-6(13)4-5-2-1-3-7(14)8(5)10(9)12/h4H,1-3H2. The Morgan fingerprint density at radius 3 is 2.64 bits per heavy atom. The van der Waals surface area contributed by atoms with Gasteiger partial charge in [0.05, 0.1) is 10.0 Å². The summed E-state index contributed by atoms with van der Waals surface area (Å²) in [6.07, 6.45) is 1.91. The van der Waals surface area contributed by atoms with Crippen molar-refractivity contribution in [3.8, 4) is 0 Å². The highest BCUT2D eigenvalue weighted by atomic mass is 35.5. The van der Waals surface area contributed by atoms with E-state index in [-0.39, 0.29) is 15.8 Å². The van der Waals surface area contributed by atoms with Crippen molar-refractivity contribution in [2.24, 2.45) is 0 Å². The molecule has 1 aliphatic carbocycles. The molecule has 14 heavy (non-hydrogen) atoms. The van der Waals surface area contributed by atoms with E-state index in [1.165, 1.54) is 6.07 Å². The van der Waals surface area contributed by atoms with Gasteiger partial charge in [0.2, 0.25) is 0 Å². The van der Waals surface area contributed by atoms with Crippen molar-refractivity contribution >= 4 is 29.0 Å². The van der Waals surface area contributed by atoms with Gasteiger partial charge in [0.1, 0.15) is 5.82 Å². The molecular weight excluding hydrogens is 226 g/mol. The van der Waals surface area contributed by atoms with Crippen LogP contribution in [0.3, 0.4) is 0 Å². The van der Waals surface area contributed by atoms with Gasteiger partial charge in [0.15, 0.2) is 5.78 Å². The Morgan fingerprint density at radius 1 is 1.21 bits per heavy atom. The molecule has 0 radical (unpaired) electrons. The first-order chi connectivity index (χ1) is 6.61. The van der Waals surface area contributed by atoms with Crippen LogP contribution in [0.15, 0.2) is 6.07 Å². The van der Waals surface area contributed by atoms with E-state index in [1.807, 2.05) is 0 Å². The number of benzene rings is 1. The van der Waals surface area contributed by atoms with Crippen LogP contribution in [-0.4, -0.2) is 5.78 Å². The molecule has 74 valence electrons. The molecule has 2 rings (SSSR count). The van der Waals surface area contributed by atoms with Gasteiger partial charge in [-0.1, -0.05) is 23.2 Å². The van der Waals surface area contributed by atoms with Gasteiger partial charge >= 0.3 is 0 Å². The van der Waals surface area contributed by atoms with E-state index in [1.54, 1.807) is 0 Å². The Balaban J connectivity index is 2.70. The van der Waals surface area contributed by atoms with Gasteiger partial charge in [0, 0.05) is 12.0 Å². The van der Waals surface area contributed by atoms with Crippen LogP contribution in [0, 0.1) is 5.82 Å². The first-order valence-corrected chi connectivity index (χ1v) is 5.06. The topological polar surface area (TPSA) is 17.1 Å². The number of carbonyl (C=O) groups is 1. The molecule has 1 nitrogen and oxygen atoms in total. The van der Waals surface area contributed by atoms with Gasteiger partial charge < -0.3 is 0 Å². The van der Waals surface area contributed by atoms with Crippen molar-refractivity contribution in [3.05, 3.63) is 33.1 Å². The molecule has 1 aromatic carbocycles. The van der Waals surface area contributed by atoms with Gasteiger partial charge in [0.25, 0.3) is 0 Å². The molecule has 0 aromatic heterocycles. The molecule has 0 amide bonds. The summed E-state index contributed by atoms with van der Waals surface area (Å²) in [6, 6.07) is 1.31. The van der Waals surface area contributed by atoms with Crippen LogP contribution in [0.2, 0.25) is 10.0 Å². The Labute approximate surface area is 90.8 Å². The molecule has 1 aliphatic rings. The van der Waals surface area contributed by atoms with Crippen LogP contribution >= 0.6 is 23.2 Å². The number of aryl methyl sites for hydroxylation is 1. The summed E-state index contributed by atoms with van der Waals surface area (Å²) in [5.74, 6) is -0.594. The van der Waals surface area contributed by atoms with Crippen LogP contribution in [-0.2, 0) is 6.42 Å². The smallest absolute Gasteiger partial charge is 0.164 e. The van der Waals surface area contributed by atoms with E-state index in [2.05, 4.69) is 0 Å². The number of carbonyl (C=O) groups excluding carboxylic acids is 1. The lowest BCUT2D eigenvalue weighted by molar-refractivity contribution is 0.0972. The summed E-state index contributed by atoms with van der Waals surface area (Å²) in [5, 5.41) is -0.0907. The maximum atomic E-state index is 13.2. The third-order valence-corrected chi connectivity index (χ3v) is 3.22. The molecule has 0 saturated carbocycles. The van der Waals surface area contributed by atoms with Crippen molar-refractivity contribution in [2.75, 3.05) is 0 Å². The molecule has 0 unspecified atom stereocenters. The number of hydrogen-bond acceptors (Lipinski definition) is 1. The van der Waals surface area contributed by atoms with Crippen LogP contribution in [0.25, 0.3) is 0 Å². The highest BCUT2D eigenvalue weighted by Gasteiger charge is 2.23. The molecule has 0 N–H and O–H groups in total. The van der Waals surface area contributed by atoms with Gasteiger partial charge in [-0.05, 0) is 24.5 Å². The van der Waals surface area contributed by atoms with Crippen LogP contribution < -0.4 is 0 Å². The predicted octanol–water partition coefficient (Wildman–Crippen LogP) is 3.65. The van der Waals surface area contributed by atoms with E-state index < -0.39 is 5.82 Å². The zero-order valence-corrected chi connectivity index (χ0v) is 8.75. The lowest BCUT2D eigenvalue weighted by atomic mass is 9.90. The third-order valence-electron chi connectivity index (χ3n) is 2.37. The lowest BCUT2D eigenvalue weighted by Crippen LogP contribution is -2.12. The number of fused-ring (bicyclic) bond motifs is 1. The summed E-state index contributed by atoms with van der Waals surface area (Å²) in [7, 11) is 0. The van der Waals surface area contributed by atoms with Gasteiger partial charge in [-0.15, -0.1) is 0 Å². The number of Topliss-reactive ketones (excluding diaryl/α,β-unsaturated/α-hetero) is 1. The number of ketones is 1. The molecular formula is C10H7Cl2FO. The van der Waals surface area contributed by atoms with Crippen molar-refractivity contribution in [2.45, 2.75) is 19.3 Å². The predicted molar refractivity (Wildman–Crippen MR) is 53.7 cm³/mol. The minimum atomic E-state index is -0.551. The molecule has 0 saturated heterocycles. The van der Waals surface area contributed by atoms with Crippen molar-refractivity contribution in [3.63, 3.8) is 0 Å². The minimum absolute atomic E-state index is 0.0434. The SMILES string of the molecule is O=C1CCCc2cc(F)c(Cl)c(Cl)c21. The van der Waals surface area contributed by atoms with E-state index in [0.717, 1.165) is 6.42 Å². The van der Waals surface area contributed by atoms with Gasteiger partial charge in [-0.2, -0.15) is 0 Å². The Kier molecular flexibility index (Phi) is 2.50. The fourth-order valence-corrected chi connectivity index (χ4v) is 2.17. The second kappa shape index (κ2) is 3.52. The molecule has 1 aromatic rings.